The fourth-order valence-electron chi connectivity index (χ4n) is 2.06. The van der Waals surface area contributed by atoms with Gasteiger partial charge in [-0.2, -0.15) is 0 Å². The van der Waals surface area contributed by atoms with E-state index < -0.39 is 17.4 Å². The van der Waals surface area contributed by atoms with Crippen LogP contribution in [0, 0.1) is 0 Å². The maximum Gasteiger partial charge on any atom is 0.329 e. The van der Waals surface area contributed by atoms with Gasteiger partial charge in [0.05, 0.1) is 5.56 Å². The predicted octanol–water partition coefficient (Wildman–Crippen LogP) is 1.97. The molecule has 0 atom stereocenters. The van der Waals surface area contributed by atoms with E-state index in [1.165, 1.54) is 0 Å². The minimum atomic E-state index is -0.967. The van der Waals surface area contributed by atoms with Gasteiger partial charge in [-0.3, -0.25) is 4.79 Å². The highest BCUT2D eigenvalue weighted by atomic mass is 79.9. The summed E-state index contributed by atoms with van der Waals surface area (Å²) < 4.78 is 0.555. The van der Waals surface area contributed by atoms with Gasteiger partial charge < -0.3 is 16.2 Å². The molecule has 18 heavy (non-hydrogen) atoms. The van der Waals surface area contributed by atoms with E-state index in [9.17, 15) is 14.7 Å². The summed E-state index contributed by atoms with van der Waals surface area (Å²) in [6, 6.07) is 5.08. The second-order valence-corrected chi connectivity index (χ2v) is 5.25. The molecule has 2 rings (SSSR count). The Labute approximate surface area is 112 Å². The van der Waals surface area contributed by atoms with Gasteiger partial charge >= 0.3 is 5.97 Å². The van der Waals surface area contributed by atoms with Gasteiger partial charge in [0.1, 0.15) is 5.54 Å². The highest BCUT2D eigenvalue weighted by Crippen LogP contribution is 2.37. The van der Waals surface area contributed by atoms with Crippen LogP contribution >= 0.6 is 15.9 Å². The van der Waals surface area contributed by atoms with E-state index in [4.69, 9.17) is 5.73 Å². The molecule has 1 aromatic rings. The number of aliphatic carboxylic acids is 1. The summed E-state index contributed by atoms with van der Waals surface area (Å²) in [7, 11) is 0. The lowest BCUT2D eigenvalue weighted by Crippen LogP contribution is -2.52. The third-order valence-electron chi connectivity index (χ3n) is 3.25. The second kappa shape index (κ2) is 4.61. The van der Waals surface area contributed by atoms with Crippen LogP contribution in [-0.2, 0) is 4.79 Å². The van der Waals surface area contributed by atoms with Crippen LogP contribution in [0.5, 0.6) is 0 Å². The van der Waals surface area contributed by atoms with Crippen molar-refractivity contribution in [3.05, 3.63) is 28.2 Å². The van der Waals surface area contributed by atoms with Gasteiger partial charge in [0.2, 0.25) is 0 Å². The number of anilines is 1. The molecule has 0 spiro atoms. The molecule has 0 aliphatic heterocycles. The fraction of sp³-hybridized carbons (Fsp3) is 0.333. The average molecular weight is 313 g/mol. The topological polar surface area (TPSA) is 92.4 Å². The Hall–Kier alpha value is -1.56. The molecule has 0 saturated heterocycles. The number of carbonyl (C=O) groups is 2. The van der Waals surface area contributed by atoms with Crippen LogP contribution in [0.15, 0.2) is 22.7 Å². The van der Waals surface area contributed by atoms with Crippen LogP contribution in [0.4, 0.5) is 5.69 Å². The Kier molecular flexibility index (Phi) is 3.30. The zero-order chi connectivity index (χ0) is 13.3. The van der Waals surface area contributed by atoms with Crippen molar-refractivity contribution in [2.24, 2.45) is 5.73 Å². The molecule has 5 nitrogen and oxygen atoms in total. The maximum atomic E-state index is 11.4. The molecule has 1 aromatic carbocycles. The van der Waals surface area contributed by atoms with Gasteiger partial charge in [-0.1, -0.05) is 6.07 Å². The van der Waals surface area contributed by atoms with Crippen molar-refractivity contribution < 1.29 is 14.7 Å². The average Bonchev–Trinajstić information content (AvgIpc) is 2.22. The number of halogens is 1. The number of benzene rings is 1. The van der Waals surface area contributed by atoms with Crippen molar-refractivity contribution in [2.45, 2.75) is 24.8 Å². The first-order valence-corrected chi connectivity index (χ1v) is 6.35. The van der Waals surface area contributed by atoms with E-state index >= 15 is 0 Å². The quantitative estimate of drug-likeness (QED) is 0.792. The lowest BCUT2D eigenvalue weighted by Gasteiger charge is -2.39. The smallest absolute Gasteiger partial charge is 0.329 e. The zero-order valence-electron chi connectivity index (χ0n) is 9.57. The minimum Gasteiger partial charge on any atom is -0.480 e. The first-order chi connectivity index (χ1) is 8.46. The van der Waals surface area contributed by atoms with E-state index in [1.807, 2.05) is 0 Å². The lowest BCUT2D eigenvalue weighted by atomic mass is 9.76. The Morgan fingerprint density at radius 3 is 2.50 bits per heavy atom. The summed E-state index contributed by atoms with van der Waals surface area (Å²) in [4.78, 5) is 22.7. The molecule has 96 valence electrons. The van der Waals surface area contributed by atoms with Crippen molar-refractivity contribution in [1.29, 1.82) is 0 Å². The van der Waals surface area contributed by atoms with Crippen molar-refractivity contribution in [3.63, 3.8) is 0 Å². The van der Waals surface area contributed by atoms with Crippen LogP contribution in [0.25, 0.3) is 0 Å². The summed E-state index contributed by atoms with van der Waals surface area (Å²) in [5, 5.41) is 12.2. The zero-order valence-corrected chi connectivity index (χ0v) is 11.2. The Bertz CT molecular complexity index is 512. The minimum absolute atomic E-state index is 0.282. The van der Waals surface area contributed by atoms with Crippen LogP contribution in [0.1, 0.15) is 29.6 Å². The van der Waals surface area contributed by atoms with Crippen LogP contribution < -0.4 is 11.1 Å². The largest absolute Gasteiger partial charge is 0.480 e. The van der Waals surface area contributed by atoms with Crippen molar-refractivity contribution in [1.82, 2.24) is 0 Å². The summed E-state index contributed by atoms with van der Waals surface area (Å²) in [5.74, 6) is -1.49. The Morgan fingerprint density at radius 1 is 1.39 bits per heavy atom. The van der Waals surface area contributed by atoms with Gasteiger partial charge in [-0.05, 0) is 47.3 Å². The number of carbonyl (C=O) groups excluding carboxylic acids is 1. The summed E-state index contributed by atoms with van der Waals surface area (Å²) in [6.45, 7) is 0. The fourth-order valence-corrected chi connectivity index (χ4v) is 2.62. The number of amides is 1. The molecule has 0 heterocycles. The summed E-state index contributed by atoms with van der Waals surface area (Å²) >= 11 is 3.24. The SMILES string of the molecule is NC(=O)c1c(Br)cccc1NC1(C(=O)O)CCC1. The van der Waals surface area contributed by atoms with Crippen LogP contribution in [-0.4, -0.2) is 22.5 Å². The molecule has 1 aliphatic rings. The Morgan fingerprint density at radius 2 is 2.06 bits per heavy atom. The number of nitrogens with one attached hydrogen (secondary N) is 1. The van der Waals surface area contributed by atoms with Crippen LogP contribution in [0.2, 0.25) is 0 Å². The molecular formula is C12H13BrN2O3. The second-order valence-electron chi connectivity index (χ2n) is 4.39. The molecule has 0 radical (unpaired) electrons. The molecule has 0 bridgehead atoms. The molecule has 1 amide bonds. The molecule has 1 fully saturated rings. The van der Waals surface area contributed by atoms with Crippen molar-refractivity contribution in [3.8, 4) is 0 Å². The molecular weight excluding hydrogens is 300 g/mol. The number of hydrogen-bond donors (Lipinski definition) is 3. The van der Waals surface area contributed by atoms with Gasteiger partial charge in [-0.25, -0.2) is 4.79 Å². The number of nitrogens with two attached hydrogens (primary N) is 1. The predicted molar refractivity (Wildman–Crippen MR) is 70.5 cm³/mol. The molecule has 1 aliphatic carbocycles. The van der Waals surface area contributed by atoms with E-state index in [0.29, 0.717) is 23.0 Å². The van der Waals surface area contributed by atoms with E-state index in [-0.39, 0.29) is 5.56 Å². The lowest BCUT2D eigenvalue weighted by molar-refractivity contribution is -0.145. The van der Waals surface area contributed by atoms with Gasteiger partial charge in [0, 0.05) is 10.2 Å². The monoisotopic (exact) mass is 312 g/mol. The van der Waals surface area contributed by atoms with Crippen molar-refractivity contribution >= 4 is 33.5 Å². The van der Waals surface area contributed by atoms with E-state index in [1.54, 1.807) is 18.2 Å². The highest BCUT2D eigenvalue weighted by Gasteiger charge is 2.44. The number of carboxylic acid groups (broad SMARTS) is 1. The molecule has 0 unspecified atom stereocenters. The third kappa shape index (κ3) is 2.08. The molecule has 0 aromatic heterocycles. The highest BCUT2D eigenvalue weighted by molar-refractivity contribution is 9.10. The van der Waals surface area contributed by atoms with Gasteiger partial charge in [0.15, 0.2) is 0 Å². The third-order valence-corrected chi connectivity index (χ3v) is 3.91. The number of carboxylic acids is 1. The first-order valence-electron chi connectivity index (χ1n) is 5.56. The van der Waals surface area contributed by atoms with Crippen molar-refractivity contribution in [2.75, 3.05) is 5.32 Å². The standard InChI is InChI=1S/C12H13BrN2O3/c13-7-3-1-4-8(9(7)10(14)16)15-12(11(17)18)5-2-6-12/h1,3-4,15H,2,5-6H2,(H2,14,16)(H,17,18). The summed E-state index contributed by atoms with van der Waals surface area (Å²) in [6.07, 6.45) is 1.96. The number of hydrogen-bond acceptors (Lipinski definition) is 3. The van der Waals surface area contributed by atoms with Gasteiger partial charge in [-0.15, -0.1) is 0 Å². The molecule has 4 N–H and O–H groups in total. The van der Waals surface area contributed by atoms with E-state index in [0.717, 1.165) is 6.42 Å². The number of primary amides is 1. The summed E-state index contributed by atoms with van der Waals surface area (Å²) in [5.41, 5.74) is 5.09. The van der Waals surface area contributed by atoms with E-state index in [2.05, 4.69) is 21.2 Å². The molecule has 6 heteroatoms. The number of rotatable bonds is 4. The normalized spacial score (nSPS) is 16.7. The molecule has 1 saturated carbocycles. The first kappa shape index (κ1) is 12.9. The van der Waals surface area contributed by atoms with Crippen LogP contribution in [0.3, 0.4) is 0 Å². The maximum absolute atomic E-state index is 11.4. The Balaban J connectivity index is 2.37. The van der Waals surface area contributed by atoms with Gasteiger partial charge in [0.25, 0.3) is 5.91 Å².